The van der Waals surface area contributed by atoms with E-state index in [-0.39, 0.29) is 16.7 Å². The van der Waals surface area contributed by atoms with E-state index in [2.05, 4.69) is 4.99 Å². The highest BCUT2D eigenvalue weighted by Gasteiger charge is 2.34. The second-order valence-electron chi connectivity index (χ2n) is 7.80. The van der Waals surface area contributed by atoms with Gasteiger partial charge in [0.05, 0.1) is 20.5 Å². The van der Waals surface area contributed by atoms with Crippen LogP contribution in [0.3, 0.4) is 0 Å². The fourth-order valence-corrected chi connectivity index (χ4v) is 8.38. The number of fused-ring (bicyclic) bond motifs is 2. The molecule has 3 aromatic rings. The summed E-state index contributed by atoms with van der Waals surface area (Å²) in [5.74, 6) is 0.593. The van der Waals surface area contributed by atoms with Crippen LogP contribution < -0.4 is 14.3 Å². The molecular formula is C21H22ClN3O5S3. The number of halogens is 1. The number of piperidine rings is 1. The Morgan fingerprint density at radius 2 is 1.97 bits per heavy atom. The van der Waals surface area contributed by atoms with E-state index in [0.29, 0.717) is 59.8 Å². The fourth-order valence-electron chi connectivity index (χ4n) is 4.11. The van der Waals surface area contributed by atoms with Crippen molar-refractivity contribution < 1.29 is 22.7 Å². The van der Waals surface area contributed by atoms with Gasteiger partial charge in [-0.2, -0.15) is 9.30 Å². The number of nitrogens with zero attached hydrogens (tertiary/aromatic N) is 3. The lowest BCUT2D eigenvalue weighted by molar-refractivity contribution is -0.122. The Kier molecular flexibility index (Phi) is 6.25. The number of aryl methyl sites for hydroxylation is 1. The molecule has 0 bridgehead atoms. The van der Waals surface area contributed by atoms with Gasteiger partial charge in [0.25, 0.3) is 15.9 Å². The predicted molar refractivity (Wildman–Crippen MR) is 128 cm³/mol. The fraction of sp³-hybridized carbons (Fsp3) is 0.429. The molecule has 0 N–H and O–H groups in total. The van der Waals surface area contributed by atoms with Crippen LogP contribution in [0.1, 0.15) is 19.8 Å². The van der Waals surface area contributed by atoms with E-state index < -0.39 is 15.9 Å². The molecule has 1 unspecified atom stereocenters. The van der Waals surface area contributed by atoms with Crippen LogP contribution in [0.25, 0.3) is 10.2 Å². The molecule has 1 fully saturated rings. The van der Waals surface area contributed by atoms with Crippen LogP contribution in [-0.2, 0) is 21.4 Å². The minimum Gasteiger partial charge on any atom is -0.486 e. The molecule has 176 valence electrons. The number of benzene rings is 1. The SMILES string of the molecule is CCn1c(=NC(=O)C2CCCN(S(=O)(=O)c3ccc(Cl)s3)C2)sc2cc3c(cc21)OCCO3. The molecule has 0 spiro atoms. The second-order valence-corrected chi connectivity index (χ2v) is 12.7. The molecule has 5 rings (SSSR count). The summed E-state index contributed by atoms with van der Waals surface area (Å²) in [7, 11) is -3.68. The Labute approximate surface area is 204 Å². The van der Waals surface area contributed by atoms with Crippen LogP contribution in [0.2, 0.25) is 4.34 Å². The summed E-state index contributed by atoms with van der Waals surface area (Å²) in [6, 6.07) is 6.92. The Balaban J connectivity index is 1.44. The van der Waals surface area contributed by atoms with Gasteiger partial charge in [-0.15, -0.1) is 11.3 Å². The van der Waals surface area contributed by atoms with E-state index in [1.807, 2.05) is 23.6 Å². The maximum absolute atomic E-state index is 13.1. The minimum absolute atomic E-state index is 0.118. The van der Waals surface area contributed by atoms with Crippen LogP contribution in [0.4, 0.5) is 0 Å². The maximum Gasteiger partial charge on any atom is 0.252 e. The molecule has 33 heavy (non-hydrogen) atoms. The van der Waals surface area contributed by atoms with Crippen molar-refractivity contribution in [2.75, 3.05) is 26.3 Å². The topological polar surface area (TPSA) is 90.2 Å². The van der Waals surface area contributed by atoms with E-state index in [1.54, 1.807) is 6.07 Å². The Morgan fingerprint density at radius 3 is 2.67 bits per heavy atom. The Morgan fingerprint density at radius 1 is 1.21 bits per heavy atom. The van der Waals surface area contributed by atoms with Crippen molar-refractivity contribution in [3.8, 4) is 11.5 Å². The van der Waals surface area contributed by atoms with Crippen LogP contribution in [0.5, 0.6) is 11.5 Å². The summed E-state index contributed by atoms with van der Waals surface area (Å²) >= 11 is 8.37. The van der Waals surface area contributed by atoms with Gasteiger partial charge in [0, 0.05) is 31.8 Å². The van der Waals surface area contributed by atoms with Crippen LogP contribution >= 0.6 is 34.3 Å². The summed E-state index contributed by atoms with van der Waals surface area (Å²) in [6.45, 7) is 4.14. The van der Waals surface area contributed by atoms with Crippen molar-refractivity contribution in [1.29, 1.82) is 0 Å². The van der Waals surface area contributed by atoms with Crippen LogP contribution in [0, 0.1) is 5.92 Å². The number of thiazole rings is 1. The molecule has 1 saturated heterocycles. The Bertz CT molecular complexity index is 1390. The molecule has 1 atom stereocenters. The molecule has 2 aliphatic rings. The number of hydrogen-bond donors (Lipinski definition) is 0. The molecule has 4 heterocycles. The number of thiophene rings is 1. The van der Waals surface area contributed by atoms with Gasteiger partial charge in [-0.25, -0.2) is 8.42 Å². The number of carbonyl (C=O) groups is 1. The zero-order valence-corrected chi connectivity index (χ0v) is 21.0. The van der Waals surface area contributed by atoms with Crippen molar-refractivity contribution in [2.45, 2.75) is 30.5 Å². The lowest BCUT2D eigenvalue weighted by Gasteiger charge is -2.29. The lowest BCUT2D eigenvalue weighted by atomic mass is 9.99. The van der Waals surface area contributed by atoms with E-state index in [1.165, 1.54) is 21.7 Å². The lowest BCUT2D eigenvalue weighted by Crippen LogP contribution is -2.42. The minimum atomic E-state index is -3.68. The number of amides is 1. The van der Waals surface area contributed by atoms with E-state index in [0.717, 1.165) is 21.6 Å². The van der Waals surface area contributed by atoms with Gasteiger partial charge >= 0.3 is 0 Å². The Hall–Kier alpha value is -1.92. The number of sulfonamides is 1. The summed E-state index contributed by atoms with van der Waals surface area (Å²) in [5.41, 5.74) is 0.931. The first-order valence-corrected chi connectivity index (χ1v) is 14.1. The number of hydrogen-bond acceptors (Lipinski definition) is 7. The highest BCUT2D eigenvalue weighted by Crippen LogP contribution is 2.36. The highest BCUT2D eigenvalue weighted by atomic mass is 35.5. The molecule has 2 aromatic heterocycles. The first-order chi connectivity index (χ1) is 15.9. The van der Waals surface area contributed by atoms with Gasteiger partial charge in [-0.3, -0.25) is 4.79 Å². The number of ether oxygens (including phenoxy) is 2. The standard InChI is InChI=1S/C21H22ClN3O5S3/c1-2-25-14-10-15-16(30-9-8-29-15)11-17(14)31-21(25)23-20(26)13-4-3-7-24(12-13)33(27,28)19-6-5-18(22)32-19/h5-6,10-11,13H,2-4,7-9,12H2,1H3. The third kappa shape index (κ3) is 4.32. The van der Waals surface area contributed by atoms with Crippen molar-refractivity contribution in [3.63, 3.8) is 0 Å². The summed E-state index contributed by atoms with van der Waals surface area (Å²) in [4.78, 5) is 18.1. The largest absolute Gasteiger partial charge is 0.486 e. The molecule has 0 aliphatic carbocycles. The van der Waals surface area contributed by atoms with Crippen molar-refractivity contribution in [1.82, 2.24) is 8.87 Å². The van der Waals surface area contributed by atoms with E-state index in [4.69, 9.17) is 21.1 Å². The van der Waals surface area contributed by atoms with Gasteiger partial charge in [0.15, 0.2) is 16.3 Å². The average Bonchev–Trinajstić information content (AvgIpc) is 3.40. The molecule has 0 radical (unpaired) electrons. The molecule has 12 heteroatoms. The zero-order valence-electron chi connectivity index (χ0n) is 17.8. The van der Waals surface area contributed by atoms with E-state index >= 15 is 0 Å². The summed E-state index contributed by atoms with van der Waals surface area (Å²) in [5, 5.41) is 0. The van der Waals surface area contributed by atoms with Gasteiger partial charge in [-0.1, -0.05) is 22.9 Å². The van der Waals surface area contributed by atoms with Crippen molar-refractivity contribution in [2.24, 2.45) is 10.9 Å². The van der Waals surface area contributed by atoms with Gasteiger partial charge in [-0.05, 0) is 31.9 Å². The molecule has 2 aliphatic heterocycles. The van der Waals surface area contributed by atoms with Gasteiger partial charge in [0.2, 0.25) is 0 Å². The average molecular weight is 528 g/mol. The summed E-state index contributed by atoms with van der Waals surface area (Å²) in [6.07, 6.45) is 1.21. The van der Waals surface area contributed by atoms with Crippen molar-refractivity contribution in [3.05, 3.63) is 33.4 Å². The smallest absolute Gasteiger partial charge is 0.252 e. The normalized spacial score (nSPS) is 19.8. The third-order valence-electron chi connectivity index (χ3n) is 5.74. The highest BCUT2D eigenvalue weighted by molar-refractivity contribution is 7.91. The summed E-state index contributed by atoms with van der Waals surface area (Å²) < 4.78 is 42.2. The third-order valence-corrected chi connectivity index (χ3v) is 10.3. The first kappa shape index (κ1) is 22.9. The zero-order chi connectivity index (χ0) is 23.2. The first-order valence-electron chi connectivity index (χ1n) is 10.6. The molecule has 1 aromatic carbocycles. The van der Waals surface area contributed by atoms with Crippen molar-refractivity contribution >= 4 is 60.4 Å². The quantitative estimate of drug-likeness (QED) is 0.515. The number of carbonyl (C=O) groups excluding carboxylic acids is 1. The number of aromatic nitrogens is 1. The molecule has 1 amide bonds. The van der Waals surface area contributed by atoms with Gasteiger partial charge in [0.1, 0.15) is 17.4 Å². The molecule has 8 nitrogen and oxygen atoms in total. The maximum atomic E-state index is 13.1. The molecular weight excluding hydrogens is 506 g/mol. The predicted octanol–water partition coefficient (Wildman–Crippen LogP) is 3.74. The molecule has 0 saturated carbocycles. The number of rotatable bonds is 4. The second kappa shape index (κ2) is 9.03. The van der Waals surface area contributed by atoms with Crippen LogP contribution in [-0.4, -0.2) is 49.5 Å². The monoisotopic (exact) mass is 527 g/mol. The van der Waals surface area contributed by atoms with Gasteiger partial charge < -0.3 is 14.0 Å². The van der Waals surface area contributed by atoms with E-state index in [9.17, 15) is 13.2 Å². The van der Waals surface area contributed by atoms with Crippen LogP contribution in [0.15, 0.2) is 33.5 Å².